The van der Waals surface area contributed by atoms with Crippen LogP contribution in [0.25, 0.3) is 6.08 Å². The Morgan fingerprint density at radius 1 is 1.07 bits per heavy atom. The summed E-state index contributed by atoms with van der Waals surface area (Å²) in [5, 5.41) is 23.4. The van der Waals surface area contributed by atoms with Crippen molar-refractivity contribution in [2.45, 2.75) is 90.5 Å². The van der Waals surface area contributed by atoms with Crippen LogP contribution in [0.5, 0.6) is 5.75 Å². The van der Waals surface area contributed by atoms with Crippen molar-refractivity contribution >= 4 is 12.0 Å². The molecule has 1 saturated carbocycles. The van der Waals surface area contributed by atoms with Crippen molar-refractivity contribution in [2.24, 2.45) is 0 Å². The quantitative estimate of drug-likeness (QED) is 0.547. The molecule has 4 heteroatoms. The molecule has 0 bridgehead atoms. The maximum Gasteiger partial charge on any atom is 0.262 e. The van der Waals surface area contributed by atoms with Crippen molar-refractivity contribution < 1.29 is 9.90 Å². The molecule has 0 aromatic heterocycles. The standard InChI is InChI=1S/C24H34N2O2/c1-23(2,3)19-13-16(14-20(21(19)27)24(4,5)6)12-17(15-25)22(28)26-18-10-8-7-9-11-18/h12-14,18,27H,7-11H2,1-6H3,(H,26,28)/b17-12-. The Bertz CT molecular complexity index is 760. The molecule has 2 rings (SSSR count). The minimum Gasteiger partial charge on any atom is -0.507 e. The van der Waals surface area contributed by atoms with Gasteiger partial charge in [-0.15, -0.1) is 0 Å². The monoisotopic (exact) mass is 382 g/mol. The number of benzene rings is 1. The van der Waals surface area contributed by atoms with E-state index in [1.54, 1.807) is 6.08 Å². The molecule has 152 valence electrons. The summed E-state index contributed by atoms with van der Waals surface area (Å²) in [6.07, 6.45) is 7.06. The molecule has 1 aliphatic rings. The highest BCUT2D eigenvalue weighted by atomic mass is 16.3. The average molecular weight is 383 g/mol. The fourth-order valence-electron chi connectivity index (χ4n) is 3.71. The van der Waals surface area contributed by atoms with Crippen molar-refractivity contribution in [2.75, 3.05) is 0 Å². The Balaban J connectivity index is 2.43. The normalized spacial score (nSPS) is 16.5. The Kier molecular flexibility index (Phi) is 6.59. The molecule has 2 N–H and O–H groups in total. The molecule has 0 aliphatic heterocycles. The van der Waals surface area contributed by atoms with Crippen LogP contribution in [0.15, 0.2) is 17.7 Å². The van der Waals surface area contributed by atoms with Gasteiger partial charge in [0, 0.05) is 17.2 Å². The van der Waals surface area contributed by atoms with Crippen LogP contribution in [0.3, 0.4) is 0 Å². The van der Waals surface area contributed by atoms with Crippen LogP contribution in [0, 0.1) is 11.3 Å². The van der Waals surface area contributed by atoms with Gasteiger partial charge in [-0.2, -0.15) is 5.26 Å². The van der Waals surface area contributed by atoms with Crippen LogP contribution in [-0.4, -0.2) is 17.1 Å². The van der Waals surface area contributed by atoms with Gasteiger partial charge in [0.15, 0.2) is 0 Å². The molecule has 1 aromatic carbocycles. The van der Waals surface area contributed by atoms with Gasteiger partial charge in [0.1, 0.15) is 17.4 Å². The van der Waals surface area contributed by atoms with E-state index in [4.69, 9.17) is 0 Å². The number of amides is 1. The second kappa shape index (κ2) is 8.39. The minimum absolute atomic E-state index is 0.107. The highest BCUT2D eigenvalue weighted by Crippen LogP contribution is 2.40. The summed E-state index contributed by atoms with van der Waals surface area (Å²) in [4.78, 5) is 12.6. The lowest BCUT2D eigenvalue weighted by Gasteiger charge is -2.28. The van der Waals surface area contributed by atoms with E-state index in [2.05, 4.69) is 11.4 Å². The van der Waals surface area contributed by atoms with Crippen LogP contribution in [0.1, 0.15) is 90.3 Å². The van der Waals surface area contributed by atoms with E-state index >= 15 is 0 Å². The van der Waals surface area contributed by atoms with Gasteiger partial charge < -0.3 is 10.4 Å². The van der Waals surface area contributed by atoms with E-state index < -0.39 is 0 Å². The predicted molar refractivity (Wildman–Crippen MR) is 114 cm³/mol. The lowest BCUT2D eigenvalue weighted by Crippen LogP contribution is -2.36. The summed E-state index contributed by atoms with van der Waals surface area (Å²) in [5.74, 6) is -0.0144. The molecule has 1 amide bonds. The lowest BCUT2D eigenvalue weighted by molar-refractivity contribution is -0.117. The Labute approximate surface area is 169 Å². The number of aromatic hydroxyl groups is 1. The summed E-state index contributed by atoms with van der Waals surface area (Å²) < 4.78 is 0. The minimum atomic E-state index is -0.308. The van der Waals surface area contributed by atoms with Crippen molar-refractivity contribution in [1.29, 1.82) is 5.26 Å². The summed E-state index contributed by atoms with van der Waals surface area (Å²) in [6.45, 7) is 12.3. The van der Waals surface area contributed by atoms with E-state index in [0.717, 1.165) is 42.4 Å². The molecule has 0 heterocycles. The third-order valence-corrected chi connectivity index (χ3v) is 5.36. The van der Waals surface area contributed by atoms with E-state index in [1.165, 1.54) is 6.42 Å². The van der Waals surface area contributed by atoms with Crippen LogP contribution in [-0.2, 0) is 15.6 Å². The first-order valence-corrected chi connectivity index (χ1v) is 10.2. The maximum absolute atomic E-state index is 12.6. The van der Waals surface area contributed by atoms with Crippen LogP contribution in [0.2, 0.25) is 0 Å². The fourth-order valence-corrected chi connectivity index (χ4v) is 3.71. The van der Waals surface area contributed by atoms with Gasteiger partial charge in [-0.1, -0.05) is 60.8 Å². The molecule has 0 spiro atoms. The zero-order valence-corrected chi connectivity index (χ0v) is 18.1. The van der Waals surface area contributed by atoms with Crippen molar-refractivity contribution in [3.63, 3.8) is 0 Å². The Morgan fingerprint density at radius 3 is 2.00 bits per heavy atom. The number of nitrogens with zero attached hydrogens (tertiary/aromatic N) is 1. The van der Waals surface area contributed by atoms with Crippen molar-refractivity contribution in [3.05, 3.63) is 34.4 Å². The lowest BCUT2D eigenvalue weighted by atomic mass is 9.78. The number of phenolic OH excluding ortho intramolecular Hbond substituents is 1. The molecule has 4 nitrogen and oxygen atoms in total. The van der Waals surface area contributed by atoms with Gasteiger partial charge in [-0.3, -0.25) is 4.79 Å². The number of hydrogen-bond donors (Lipinski definition) is 2. The number of carbonyl (C=O) groups is 1. The smallest absolute Gasteiger partial charge is 0.262 e. The summed E-state index contributed by atoms with van der Waals surface area (Å²) in [7, 11) is 0. The number of hydrogen-bond acceptors (Lipinski definition) is 3. The van der Waals surface area contributed by atoms with E-state index in [1.807, 2.05) is 53.7 Å². The molecule has 0 radical (unpaired) electrons. The largest absolute Gasteiger partial charge is 0.507 e. The van der Waals surface area contributed by atoms with Gasteiger partial charge in [0.2, 0.25) is 0 Å². The van der Waals surface area contributed by atoms with E-state index in [-0.39, 0.29) is 28.4 Å². The number of phenols is 1. The molecule has 1 aliphatic carbocycles. The van der Waals surface area contributed by atoms with Crippen LogP contribution >= 0.6 is 0 Å². The van der Waals surface area contributed by atoms with Gasteiger partial charge in [-0.25, -0.2) is 0 Å². The van der Waals surface area contributed by atoms with Gasteiger partial charge in [-0.05, 0) is 47.4 Å². The van der Waals surface area contributed by atoms with Gasteiger partial charge >= 0.3 is 0 Å². The molecular weight excluding hydrogens is 348 g/mol. The highest BCUT2D eigenvalue weighted by Gasteiger charge is 2.26. The van der Waals surface area contributed by atoms with Gasteiger partial charge in [0.05, 0.1) is 0 Å². The maximum atomic E-state index is 12.6. The molecule has 0 atom stereocenters. The fraction of sp³-hybridized carbons (Fsp3) is 0.583. The topological polar surface area (TPSA) is 73.1 Å². The number of nitrogens with one attached hydrogen (secondary N) is 1. The number of rotatable bonds is 3. The molecule has 28 heavy (non-hydrogen) atoms. The molecule has 1 aromatic rings. The third kappa shape index (κ3) is 5.38. The summed E-state index contributed by atoms with van der Waals surface area (Å²) in [5.41, 5.74) is 1.99. The van der Waals surface area contributed by atoms with Crippen molar-refractivity contribution in [1.82, 2.24) is 5.32 Å². The molecule has 0 saturated heterocycles. The molecule has 0 unspecified atom stereocenters. The predicted octanol–water partition coefficient (Wildman–Crippen LogP) is 5.34. The first-order chi connectivity index (χ1) is 12.9. The van der Waals surface area contributed by atoms with Crippen molar-refractivity contribution in [3.8, 4) is 11.8 Å². The number of carbonyl (C=O) groups excluding carboxylic acids is 1. The molecule has 1 fully saturated rings. The van der Waals surface area contributed by atoms with E-state index in [9.17, 15) is 15.2 Å². The second-order valence-electron chi connectivity index (χ2n) is 9.94. The second-order valence-corrected chi connectivity index (χ2v) is 9.94. The summed E-state index contributed by atoms with van der Waals surface area (Å²) in [6, 6.07) is 5.99. The zero-order valence-electron chi connectivity index (χ0n) is 18.1. The SMILES string of the molecule is CC(C)(C)c1cc(/C=C(/C#N)C(=O)NC2CCCCC2)cc(C(C)(C)C)c1O. The van der Waals surface area contributed by atoms with Crippen LogP contribution < -0.4 is 5.32 Å². The van der Waals surface area contributed by atoms with E-state index in [0.29, 0.717) is 5.75 Å². The van der Waals surface area contributed by atoms with Gasteiger partial charge in [0.25, 0.3) is 5.91 Å². The Morgan fingerprint density at radius 2 is 1.57 bits per heavy atom. The highest BCUT2D eigenvalue weighted by molar-refractivity contribution is 6.01. The first-order valence-electron chi connectivity index (χ1n) is 10.2. The summed E-state index contributed by atoms with van der Waals surface area (Å²) >= 11 is 0. The average Bonchev–Trinajstić information content (AvgIpc) is 2.59. The third-order valence-electron chi connectivity index (χ3n) is 5.36. The van der Waals surface area contributed by atoms with Crippen LogP contribution in [0.4, 0.5) is 0 Å². The number of nitriles is 1. The Hall–Kier alpha value is -2.28. The molecular formula is C24H34N2O2. The zero-order chi connectivity index (χ0) is 21.1. The first kappa shape index (κ1) is 22.0.